The highest BCUT2D eigenvalue weighted by Gasteiger charge is 2.28. The highest BCUT2D eigenvalue weighted by atomic mass is 32.2. The third-order valence-corrected chi connectivity index (χ3v) is 7.29. The predicted molar refractivity (Wildman–Crippen MR) is 123 cm³/mol. The number of nitrogens with one attached hydrogen (secondary N) is 1. The molecule has 7 nitrogen and oxygen atoms in total. The SMILES string of the molecule is CN(CCc1ccc2c(c1)CN(NS(C)(=O)=O)C2)C[C@@H]1CCCc2c1ccc1c2OCO1. The molecule has 3 aliphatic rings. The van der Waals surface area contributed by atoms with Crippen molar-refractivity contribution >= 4 is 10.0 Å². The van der Waals surface area contributed by atoms with E-state index >= 15 is 0 Å². The van der Waals surface area contributed by atoms with Crippen LogP contribution in [0.4, 0.5) is 0 Å². The number of ether oxygens (including phenoxy) is 2. The normalized spacial score (nSPS) is 19.9. The molecule has 5 rings (SSSR count). The Morgan fingerprint density at radius 3 is 2.84 bits per heavy atom. The molecule has 0 aromatic heterocycles. The van der Waals surface area contributed by atoms with Crippen LogP contribution in [0.2, 0.25) is 0 Å². The zero-order valence-electron chi connectivity index (χ0n) is 18.8. The maximum atomic E-state index is 11.5. The molecule has 1 N–H and O–H groups in total. The van der Waals surface area contributed by atoms with Crippen molar-refractivity contribution in [2.75, 3.05) is 33.2 Å². The number of rotatable bonds is 7. The fourth-order valence-corrected chi connectivity index (χ4v) is 5.84. The van der Waals surface area contributed by atoms with Gasteiger partial charge in [-0.05, 0) is 67.0 Å². The Kier molecular flexibility index (Phi) is 5.88. The zero-order chi connectivity index (χ0) is 22.3. The van der Waals surface area contributed by atoms with Gasteiger partial charge in [-0.2, -0.15) is 0 Å². The molecular weight excluding hydrogens is 426 g/mol. The van der Waals surface area contributed by atoms with E-state index in [1.54, 1.807) is 5.01 Å². The van der Waals surface area contributed by atoms with Crippen LogP contribution in [0.5, 0.6) is 11.5 Å². The molecule has 2 aromatic rings. The van der Waals surface area contributed by atoms with E-state index in [-0.39, 0.29) is 0 Å². The zero-order valence-corrected chi connectivity index (χ0v) is 19.6. The lowest BCUT2D eigenvalue weighted by Crippen LogP contribution is -2.37. The van der Waals surface area contributed by atoms with Crippen LogP contribution >= 0.6 is 0 Å². The molecule has 2 aliphatic heterocycles. The molecular formula is C24H31N3O4S. The van der Waals surface area contributed by atoms with Crippen molar-refractivity contribution in [3.05, 3.63) is 58.1 Å². The van der Waals surface area contributed by atoms with E-state index in [1.165, 1.54) is 46.9 Å². The highest BCUT2D eigenvalue weighted by Crippen LogP contribution is 2.44. The van der Waals surface area contributed by atoms with Gasteiger partial charge in [-0.3, -0.25) is 0 Å². The van der Waals surface area contributed by atoms with Crippen LogP contribution < -0.4 is 14.3 Å². The van der Waals surface area contributed by atoms with Gasteiger partial charge in [-0.25, -0.2) is 13.4 Å². The molecule has 32 heavy (non-hydrogen) atoms. The second-order valence-electron chi connectivity index (χ2n) is 9.29. The van der Waals surface area contributed by atoms with Crippen molar-refractivity contribution < 1.29 is 17.9 Å². The monoisotopic (exact) mass is 457 g/mol. The summed E-state index contributed by atoms with van der Waals surface area (Å²) in [5, 5.41) is 1.75. The van der Waals surface area contributed by atoms with Gasteiger partial charge in [-0.15, -0.1) is 4.83 Å². The Morgan fingerprint density at radius 1 is 1.16 bits per heavy atom. The number of sulfonamides is 1. The number of hydrazine groups is 1. The number of benzene rings is 2. The van der Waals surface area contributed by atoms with E-state index < -0.39 is 10.0 Å². The third-order valence-electron chi connectivity index (χ3n) is 6.70. The van der Waals surface area contributed by atoms with Crippen LogP contribution in [0, 0.1) is 0 Å². The third kappa shape index (κ3) is 4.64. The van der Waals surface area contributed by atoms with Crippen molar-refractivity contribution in [3.8, 4) is 11.5 Å². The van der Waals surface area contributed by atoms with Gasteiger partial charge in [0.25, 0.3) is 0 Å². The summed E-state index contributed by atoms with van der Waals surface area (Å²) in [7, 11) is -1.04. The molecule has 0 amide bonds. The minimum Gasteiger partial charge on any atom is -0.454 e. The van der Waals surface area contributed by atoms with Gasteiger partial charge >= 0.3 is 0 Å². The van der Waals surface area contributed by atoms with Crippen LogP contribution in [0.15, 0.2) is 30.3 Å². The Bertz CT molecular complexity index is 1120. The van der Waals surface area contributed by atoms with Crippen LogP contribution in [0.25, 0.3) is 0 Å². The van der Waals surface area contributed by atoms with Crippen molar-refractivity contribution in [1.82, 2.24) is 14.7 Å². The molecule has 0 radical (unpaired) electrons. The van der Waals surface area contributed by atoms with Gasteiger partial charge in [0.2, 0.25) is 16.8 Å². The van der Waals surface area contributed by atoms with Gasteiger partial charge in [0.1, 0.15) is 0 Å². The number of hydrogen-bond donors (Lipinski definition) is 1. The second-order valence-corrected chi connectivity index (χ2v) is 11.0. The van der Waals surface area contributed by atoms with E-state index in [1.807, 2.05) is 0 Å². The maximum Gasteiger partial charge on any atom is 0.231 e. The summed E-state index contributed by atoms with van der Waals surface area (Å²) in [4.78, 5) is 5.01. The standard InChI is InChI=1S/C24H31N3O4S/c1-26(13-19-4-3-5-22-21(19)8-9-23-24(22)31-16-30-23)11-10-17-6-7-18-14-27(15-20(18)12-17)25-32(2,28)29/h6-9,12,19,25H,3-5,10-11,13-16H2,1-2H3/t19-/m0/s1. The number of hydrogen-bond acceptors (Lipinski definition) is 6. The average Bonchev–Trinajstić information content (AvgIpc) is 3.37. The predicted octanol–water partition coefficient (Wildman–Crippen LogP) is 2.79. The summed E-state index contributed by atoms with van der Waals surface area (Å²) in [6.07, 6.45) is 5.63. The van der Waals surface area contributed by atoms with Crippen LogP contribution in [0.3, 0.4) is 0 Å². The Balaban J connectivity index is 1.19. The maximum absolute atomic E-state index is 11.5. The van der Waals surface area contributed by atoms with Crippen LogP contribution in [-0.4, -0.2) is 51.5 Å². The first-order valence-corrected chi connectivity index (χ1v) is 13.2. The lowest BCUT2D eigenvalue weighted by molar-refractivity contribution is 0.173. The van der Waals surface area contributed by atoms with Crippen molar-refractivity contribution in [1.29, 1.82) is 0 Å². The number of fused-ring (bicyclic) bond motifs is 4. The molecule has 0 unspecified atom stereocenters. The minimum absolute atomic E-state index is 0.333. The summed E-state index contributed by atoms with van der Waals surface area (Å²) >= 11 is 0. The first-order valence-electron chi connectivity index (χ1n) is 11.3. The summed E-state index contributed by atoms with van der Waals surface area (Å²) < 4.78 is 34.3. The molecule has 1 atom stereocenters. The second kappa shape index (κ2) is 8.67. The molecule has 8 heteroatoms. The van der Waals surface area contributed by atoms with Crippen molar-refractivity contribution in [2.45, 2.75) is 44.7 Å². The van der Waals surface area contributed by atoms with Crippen LogP contribution in [0.1, 0.15) is 46.6 Å². The molecule has 2 aromatic carbocycles. The lowest BCUT2D eigenvalue weighted by Gasteiger charge is -2.30. The fraction of sp³-hybridized carbons (Fsp3) is 0.500. The average molecular weight is 458 g/mol. The van der Waals surface area contributed by atoms with Gasteiger partial charge in [0, 0.05) is 31.7 Å². The summed E-state index contributed by atoms with van der Waals surface area (Å²) in [5.41, 5.74) is 6.46. The minimum atomic E-state index is -3.24. The summed E-state index contributed by atoms with van der Waals surface area (Å²) in [5.74, 6) is 2.38. The van der Waals surface area contributed by atoms with E-state index in [0.29, 0.717) is 25.8 Å². The van der Waals surface area contributed by atoms with E-state index in [0.717, 1.165) is 37.4 Å². The van der Waals surface area contributed by atoms with E-state index in [4.69, 9.17) is 9.47 Å². The molecule has 0 saturated heterocycles. The lowest BCUT2D eigenvalue weighted by atomic mass is 9.82. The molecule has 2 heterocycles. The molecule has 0 saturated carbocycles. The topological polar surface area (TPSA) is 71.1 Å². The summed E-state index contributed by atoms with van der Waals surface area (Å²) in [6, 6.07) is 10.8. The van der Waals surface area contributed by atoms with E-state index in [2.05, 4.69) is 47.1 Å². The van der Waals surface area contributed by atoms with Gasteiger partial charge in [0.05, 0.1) is 6.26 Å². The smallest absolute Gasteiger partial charge is 0.231 e. The highest BCUT2D eigenvalue weighted by molar-refractivity contribution is 7.88. The van der Waals surface area contributed by atoms with Gasteiger partial charge in [0.15, 0.2) is 11.5 Å². The van der Waals surface area contributed by atoms with Crippen molar-refractivity contribution in [3.63, 3.8) is 0 Å². The Labute approximate surface area is 190 Å². The number of nitrogens with zero attached hydrogens (tertiary/aromatic N) is 2. The van der Waals surface area contributed by atoms with Crippen molar-refractivity contribution in [2.24, 2.45) is 0 Å². The first kappa shape index (κ1) is 21.7. The van der Waals surface area contributed by atoms with Gasteiger partial charge < -0.3 is 14.4 Å². The van der Waals surface area contributed by atoms with E-state index in [9.17, 15) is 8.42 Å². The molecule has 0 bridgehead atoms. The quantitative estimate of drug-likeness (QED) is 0.690. The fourth-order valence-electron chi connectivity index (χ4n) is 5.25. The summed E-state index contributed by atoms with van der Waals surface area (Å²) in [6.45, 7) is 3.58. The van der Waals surface area contributed by atoms with Crippen LogP contribution in [-0.2, 0) is 36.0 Å². The molecule has 0 spiro atoms. The molecule has 172 valence electrons. The molecule has 1 aliphatic carbocycles. The largest absolute Gasteiger partial charge is 0.454 e. The van der Waals surface area contributed by atoms with Gasteiger partial charge in [-0.1, -0.05) is 24.3 Å². The first-order chi connectivity index (χ1) is 15.4. The number of likely N-dealkylation sites (N-methyl/N-ethyl adjacent to an activating group) is 1. The Hall–Kier alpha value is -2.13. The Morgan fingerprint density at radius 2 is 2.00 bits per heavy atom. The molecule has 0 fully saturated rings.